The van der Waals surface area contributed by atoms with E-state index in [1.165, 1.54) is 19.4 Å². The molecule has 3 aromatic rings. The number of hydrogen-bond acceptors (Lipinski definition) is 6. The van der Waals surface area contributed by atoms with Crippen molar-refractivity contribution >= 4 is 17.6 Å². The van der Waals surface area contributed by atoms with Crippen molar-refractivity contribution in [3.05, 3.63) is 90.0 Å². The van der Waals surface area contributed by atoms with Gasteiger partial charge in [-0.05, 0) is 35.1 Å². The predicted octanol–water partition coefficient (Wildman–Crippen LogP) is 0.826. The fourth-order valence-corrected chi connectivity index (χ4v) is 3.62. The summed E-state index contributed by atoms with van der Waals surface area (Å²) in [6.45, 7) is 6.09. The Morgan fingerprint density at radius 3 is 2.34 bits per heavy atom. The molecule has 0 aliphatic rings. The van der Waals surface area contributed by atoms with Gasteiger partial charge in [0.05, 0.1) is 11.1 Å². The van der Waals surface area contributed by atoms with Gasteiger partial charge >= 0.3 is 51.4 Å². The van der Waals surface area contributed by atoms with Crippen molar-refractivity contribution in [3.63, 3.8) is 0 Å². The molecule has 0 fully saturated rings. The number of benzene rings is 2. The number of ether oxygens (including phenoxy) is 1. The summed E-state index contributed by atoms with van der Waals surface area (Å²) in [5, 5.41) is 23.8. The second kappa shape index (κ2) is 14.2. The van der Waals surface area contributed by atoms with E-state index in [9.17, 15) is 20.0 Å². The van der Waals surface area contributed by atoms with Gasteiger partial charge in [-0.3, -0.25) is 19.1 Å². The van der Waals surface area contributed by atoms with E-state index in [0.29, 0.717) is 17.6 Å². The number of aliphatic imine (C=N–C) groups is 1. The van der Waals surface area contributed by atoms with Crippen LogP contribution in [-0.2, 0) is 10.2 Å². The van der Waals surface area contributed by atoms with Crippen LogP contribution >= 0.6 is 0 Å². The minimum Gasteiger partial charge on any atom is -0.877 e. The number of nitriles is 1. The smallest absolute Gasteiger partial charge is 0.877 e. The predicted molar refractivity (Wildman–Crippen MR) is 140 cm³/mol. The van der Waals surface area contributed by atoms with Gasteiger partial charge in [0.1, 0.15) is 17.7 Å². The van der Waals surface area contributed by atoms with Crippen LogP contribution in [0.2, 0.25) is 0 Å². The Morgan fingerprint density at radius 1 is 1.13 bits per heavy atom. The summed E-state index contributed by atoms with van der Waals surface area (Å²) >= 11 is 0. The minimum absolute atomic E-state index is 0. The third-order valence-corrected chi connectivity index (χ3v) is 6.24. The number of nitrogens with one attached hydrogen (secondary N) is 1. The van der Waals surface area contributed by atoms with Crippen molar-refractivity contribution in [2.75, 3.05) is 13.7 Å². The largest absolute Gasteiger partial charge is 1.00 e. The zero-order valence-electron chi connectivity index (χ0n) is 22.3. The van der Waals surface area contributed by atoms with Crippen molar-refractivity contribution in [2.24, 2.45) is 4.99 Å². The molecule has 1 N–H and O–H groups in total. The zero-order chi connectivity index (χ0) is 27.0. The van der Waals surface area contributed by atoms with Crippen LogP contribution < -0.4 is 66.5 Å². The molecule has 190 valence electrons. The van der Waals surface area contributed by atoms with Crippen LogP contribution in [0.1, 0.15) is 43.1 Å². The third kappa shape index (κ3) is 7.53. The van der Waals surface area contributed by atoms with Crippen LogP contribution in [0.5, 0.6) is 5.75 Å². The van der Waals surface area contributed by atoms with Crippen LogP contribution in [0, 0.1) is 11.3 Å². The number of amides is 1. The summed E-state index contributed by atoms with van der Waals surface area (Å²) in [5.74, 6) is -0.992. The zero-order valence-corrected chi connectivity index (χ0v) is 25.4. The Labute approximate surface area is 265 Å². The summed E-state index contributed by atoms with van der Waals surface area (Å²) in [6.07, 6.45) is 4.13. The third-order valence-electron chi connectivity index (χ3n) is 6.24. The molecule has 0 aliphatic heterocycles. The van der Waals surface area contributed by atoms with Crippen molar-refractivity contribution < 1.29 is 70.8 Å². The standard InChI is InChI=1S/C29H30N4O4.K/c1-5-29(2,3)22-11-13-23(14-12-22)37-19-26(35)32-27(31-4)25(18-34)28(36)33-16-21(15-30)24(17-33)20-9-7-6-8-10-20;/h6-14,16-18,34H,5,19H2,1-4H3,(H,31,32,35);/q;+1/p-1/b25-18+;. The first-order valence-electron chi connectivity index (χ1n) is 11.8. The summed E-state index contributed by atoms with van der Waals surface area (Å²) in [7, 11) is 1.35. The summed E-state index contributed by atoms with van der Waals surface area (Å²) in [4.78, 5) is 29.5. The SMILES string of the molecule is CCC(C)(C)c1ccc(OCC(=O)NC(=NC)/C(=C\[O-])C(=O)n2cc(C#N)c(-c3ccccc3)c2)cc1.[K+]. The van der Waals surface area contributed by atoms with E-state index in [1.54, 1.807) is 12.1 Å². The average molecular weight is 537 g/mol. The normalized spacial score (nSPS) is 11.8. The molecule has 38 heavy (non-hydrogen) atoms. The van der Waals surface area contributed by atoms with E-state index < -0.39 is 11.8 Å². The maximum Gasteiger partial charge on any atom is 1.00 e. The number of rotatable bonds is 8. The van der Waals surface area contributed by atoms with Crippen LogP contribution in [-0.4, -0.2) is 35.9 Å². The second-order valence-corrected chi connectivity index (χ2v) is 8.98. The van der Waals surface area contributed by atoms with Gasteiger partial charge in [0.2, 0.25) is 0 Å². The molecule has 0 aliphatic carbocycles. The molecular weight excluding hydrogens is 507 g/mol. The number of carbonyl (C=O) groups is 2. The van der Waals surface area contributed by atoms with E-state index in [2.05, 4.69) is 37.1 Å². The van der Waals surface area contributed by atoms with Crippen molar-refractivity contribution in [2.45, 2.75) is 32.6 Å². The molecule has 0 spiro atoms. The van der Waals surface area contributed by atoms with Gasteiger partial charge in [-0.15, -0.1) is 6.26 Å². The first kappa shape index (κ1) is 31.2. The number of amidine groups is 1. The number of hydrogen-bond donors (Lipinski definition) is 1. The molecule has 0 atom stereocenters. The number of nitrogens with zero attached hydrogens (tertiary/aromatic N) is 3. The molecule has 1 amide bonds. The summed E-state index contributed by atoms with van der Waals surface area (Å²) in [6, 6.07) is 18.7. The molecule has 0 unspecified atom stereocenters. The van der Waals surface area contributed by atoms with Gasteiger partial charge in [-0.1, -0.05) is 63.2 Å². The first-order chi connectivity index (χ1) is 17.7. The van der Waals surface area contributed by atoms with Crippen molar-refractivity contribution in [1.29, 1.82) is 5.26 Å². The molecule has 2 aromatic carbocycles. The topological polar surface area (TPSA) is 120 Å². The number of aromatic nitrogens is 1. The molecule has 0 radical (unpaired) electrons. The van der Waals surface area contributed by atoms with Gasteiger partial charge in [0.15, 0.2) is 6.61 Å². The number of carbonyl (C=O) groups excluding carboxylic acids is 2. The Balaban J connectivity index is 0.00000507. The molecular formula is C29H29KN4O4. The summed E-state index contributed by atoms with van der Waals surface area (Å²) in [5.41, 5.74) is 2.40. The van der Waals surface area contributed by atoms with E-state index in [4.69, 9.17) is 4.74 Å². The molecule has 0 saturated carbocycles. The molecule has 1 heterocycles. The monoisotopic (exact) mass is 536 g/mol. The quantitative estimate of drug-likeness (QED) is 0.150. The van der Waals surface area contributed by atoms with Crippen molar-refractivity contribution in [3.8, 4) is 22.9 Å². The van der Waals surface area contributed by atoms with Crippen LogP contribution in [0.15, 0.2) is 83.8 Å². The Bertz CT molecular complexity index is 1370. The van der Waals surface area contributed by atoms with E-state index >= 15 is 0 Å². The van der Waals surface area contributed by atoms with Crippen molar-refractivity contribution in [1.82, 2.24) is 9.88 Å². The van der Waals surface area contributed by atoms with Crippen LogP contribution in [0.25, 0.3) is 11.1 Å². The molecule has 3 rings (SSSR count). The minimum atomic E-state index is -0.732. The average Bonchev–Trinajstić information content (AvgIpc) is 3.37. The van der Waals surface area contributed by atoms with Gasteiger partial charge in [-0.2, -0.15) is 5.26 Å². The summed E-state index contributed by atoms with van der Waals surface area (Å²) < 4.78 is 6.70. The van der Waals surface area contributed by atoms with Gasteiger partial charge in [-0.25, -0.2) is 0 Å². The fourth-order valence-electron chi connectivity index (χ4n) is 3.62. The Kier molecular flexibility index (Phi) is 11.7. The molecule has 8 nitrogen and oxygen atoms in total. The Hall–Kier alpha value is -3.00. The van der Waals surface area contributed by atoms with Gasteiger partial charge in [0.25, 0.3) is 11.8 Å². The molecule has 1 aromatic heterocycles. The second-order valence-electron chi connectivity index (χ2n) is 8.98. The van der Waals surface area contributed by atoms with Gasteiger partial charge in [0, 0.05) is 25.0 Å². The van der Waals surface area contributed by atoms with Crippen LogP contribution in [0.3, 0.4) is 0 Å². The molecule has 9 heteroatoms. The van der Waals surface area contributed by atoms with E-state index in [0.717, 1.165) is 22.1 Å². The fraction of sp³-hybridized carbons (Fsp3) is 0.241. The van der Waals surface area contributed by atoms with Gasteiger partial charge < -0.3 is 15.2 Å². The van der Waals surface area contributed by atoms with Crippen LogP contribution in [0.4, 0.5) is 0 Å². The first-order valence-corrected chi connectivity index (χ1v) is 11.8. The van der Waals surface area contributed by atoms with E-state index in [1.807, 2.05) is 42.5 Å². The molecule has 0 saturated heterocycles. The maximum atomic E-state index is 13.1. The molecule has 0 bridgehead atoms. The van der Waals surface area contributed by atoms with E-state index in [-0.39, 0.29) is 80.4 Å². The maximum absolute atomic E-state index is 13.1. The Morgan fingerprint density at radius 2 is 1.79 bits per heavy atom.